The van der Waals surface area contributed by atoms with Gasteiger partial charge in [-0.15, -0.1) is 0 Å². The molecule has 0 aliphatic heterocycles. The molecule has 0 aromatic heterocycles. The molecule has 0 bridgehead atoms. The molecule has 0 fully saturated rings. The molecule has 0 unspecified atom stereocenters. The lowest BCUT2D eigenvalue weighted by Gasteiger charge is -1.86. The molecule has 48 valence electrons. The van der Waals surface area contributed by atoms with Gasteiger partial charge in [-0.25, -0.2) is 0 Å². The van der Waals surface area contributed by atoms with E-state index in [2.05, 4.69) is 6.08 Å². The van der Waals surface area contributed by atoms with E-state index in [-0.39, 0.29) is 6.61 Å². The third-order valence-electron chi connectivity index (χ3n) is 1.24. The van der Waals surface area contributed by atoms with Gasteiger partial charge in [0.2, 0.25) is 0 Å². The Bertz CT molecular complexity index is 163. The van der Waals surface area contributed by atoms with Crippen molar-refractivity contribution in [2.24, 2.45) is 0 Å². The molecule has 0 heterocycles. The molecular weight excluding hydrogens is 112 g/mol. The molecule has 9 heavy (non-hydrogen) atoms. The normalized spacial score (nSPS) is 17.2. The summed E-state index contributed by atoms with van der Waals surface area (Å²) in [6, 6.07) is 0. The molecule has 0 saturated carbocycles. The minimum Gasteiger partial charge on any atom is -0.392 e. The molecule has 0 amide bonds. The maximum Gasteiger partial charge on any atom is 0.0615 e. The predicted octanol–water partition coefficient (Wildman–Crippen LogP) is 1.42. The fourth-order valence-electron chi connectivity index (χ4n) is 0.791. The molecular formula is C8H10O. The second-order valence-corrected chi connectivity index (χ2v) is 1.96. The van der Waals surface area contributed by atoms with Crippen molar-refractivity contribution in [1.29, 1.82) is 0 Å². The van der Waals surface area contributed by atoms with E-state index in [0.29, 0.717) is 0 Å². The quantitative estimate of drug-likeness (QED) is 0.587. The number of allylic oxidation sites excluding steroid dienone is 5. The van der Waals surface area contributed by atoms with E-state index in [1.807, 2.05) is 18.2 Å². The lowest BCUT2D eigenvalue weighted by atomic mass is 10.2. The Labute approximate surface area is 55.0 Å². The summed E-state index contributed by atoms with van der Waals surface area (Å²) in [4.78, 5) is 0. The summed E-state index contributed by atoms with van der Waals surface area (Å²) < 4.78 is 0. The predicted molar refractivity (Wildman–Crippen MR) is 38.1 cm³/mol. The summed E-state index contributed by atoms with van der Waals surface area (Å²) in [6.45, 7) is 0.136. The van der Waals surface area contributed by atoms with E-state index < -0.39 is 0 Å². The van der Waals surface area contributed by atoms with Gasteiger partial charge in [0.25, 0.3) is 0 Å². The molecule has 0 aromatic rings. The summed E-state index contributed by atoms with van der Waals surface area (Å²) in [5.74, 6) is 0. The van der Waals surface area contributed by atoms with Gasteiger partial charge in [0, 0.05) is 0 Å². The van der Waals surface area contributed by atoms with Crippen LogP contribution in [0.2, 0.25) is 0 Å². The zero-order valence-corrected chi connectivity index (χ0v) is 5.25. The van der Waals surface area contributed by atoms with Crippen LogP contribution in [-0.4, -0.2) is 11.7 Å². The Balaban J connectivity index is 2.38. The fourth-order valence-corrected chi connectivity index (χ4v) is 0.791. The van der Waals surface area contributed by atoms with E-state index in [0.717, 1.165) is 6.42 Å². The number of aliphatic hydroxyl groups is 1. The highest BCUT2D eigenvalue weighted by atomic mass is 16.2. The van der Waals surface area contributed by atoms with Crippen LogP contribution in [-0.2, 0) is 0 Å². The van der Waals surface area contributed by atoms with Crippen LogP contribution in [0.15, 0.2) is 36.0 Å². The highest BCUT2D eigenvalue weighted by molar-refractivity contribution is 5.31. The van der Waals surface area contributed by atoms with Crippen LogP contribution in [0.5, 0.6) is 0 Å². The SMILES string of the molecule is OCC=CC1=CC=CC1. The highest BCUT2D eigenvalue weighted by Gasteiger charge is 1.91. The van der Waals surface area contributed by atoms with Crippen LogP contribution in [0.4, 0.5) is 0 Å². The molecule has 0 radical (unpaired) electrons. The van der Waals surface area contributed by atoms with Crippen molar-refractivity contribution in [3.63, 3.8) is 0 Å². The summed E-state index contributed by atoms with van der Waals surface area (Å²) in [7, 11) is 0. The van der Waals surface area contributed by atoms with Crippen LogP contribution in [0, 0.1) is 0 Å². The van der Waals surface area contributed by atoms with Crippen molar-refractivity contribution in [1.82, 2.24) is 0 Å². The maximum atomic E-state index is 8.39. The van der Waals surface area contributed by atoms with Crippen molar-refractivity contribution in [3.05, 3.63) is 36.0 Å². The Morgan fingerprint density at radius 3 is 3.11 bits per heavy atom. The van der Waals surface area contributed by atoms with E-state index in [4.69, 9.17) is 5.11 Å². The summed E-state index contributed by atoms with van der Waals surface area (Å²) in [5.41, 5.74) is 1.27. The molecule has 0 atom stereocenters. The smallest absolute Gasteiger partial charge is 0.0615 e. The van der Waals surface area contributed by atoms with Gasteiger partial charge in [0.1, 0.15) is 0 Å². The maximum absolute atomic E-state index is 8.39. The second-order valence-electron chi connectivity index (χ2n) is 1.96. The van der Waals surface area contributed by atoms with E-state index in [9.17, 15) is 0 Å². The van der Waals surface area contributed by atoms with Gasteiger partial charge in [-0.2, -0.15) is 0 Å². The van der Waals surface area contributed by atoms with E-state index in [1.165, 1.54) is 5.57 Å². The van der Waals surface area contributed by atoms with Crippen molar-refractivity contribution in [3.8, 4) is 0 Å². The molecule has 1 N–H and O–H groups in total. The average Bonchev–Trinajstić information content (AvgIpc) is 2.34. The van der Waals surface area contributed by atoms with E-state index >= 15 is 0 Å². The van der Waals surface area contributed by atoms with Gasteiger partial charge < -0.3 is 5.11 Å². The topological polar surface area (TPSA) is 20.2 Å². The standard InChI is InChI=1S/C8H10O/c9-7-3-6-8-4-1-2-5-8/h1-4,6,9H,5,7H2. The highest BCUT2D eigenvalue weighted by Crippen LogP contribution is 2.10. The van der Waals surface area contributed by atoms with Crippen LogP contribution >= 0.6 is 0 Å². The van der Waals surface area contributed by atoms with Crippen molar-refractivity contribution < 1.29 is 5.11 Å². The lowest BCUT2D eigenvalue weighted by molar-refractivity contribution is 0.342. The van der Waals surface area contributed by atoms with Gasteiger partial charge >= 0.3 is 0 Å². The van der Waals surface area contributed by atoms with Gasteiger partial charge in [-0.1, -0.05) is 30.4 Å². The van der Waals surface area contributed by atoms with Gasteiger partial charge in [0.05, 0.1) is 6.61 Å². The largest absolute Gasteiger partial charge is 0.392 e. The van der Waals surface area contributed by atoms with Crippen LogP contribution in [0.25, 0.3) is 0 Å². The molecule has 1 nitrogen and oxygen atoms in total. The third kappa shape index (κ3) is 1.86. The van der Waals surface area contributed by atoms with Gasteiger partial charge in [0.15, 0.2) is 0 Å². The second kappa shape index (κ2) is 3.25. The minimum atomic E-state index is 0.136. The molecule has 1 aliphatic carbocycles. The van der Waals surface area contributed by atoms with Crippen LogP contribution in [0.1, 0.15) is 6.42 Å². The van der Waals surface area contributed by atoms with Crippen molar-refractivity contribution in [2.45, 2.75) is 6.42 Å². The Morgan fingerprint density at radius 1 is 1.67 bits per heavy atom. The number of hydrogen-bond acceptors (Lipinski definition) is 1. The summed E-state index contributed by atoms with van der Waals surface area (Å²) in [5, 5.41) is 8.39. The summed E-state index contributed by atoms with van der Waals surface area (Å²) in [6.07, 6.45) is 10.9. The van der Waals surface area contributed by atoms with E-state index in [1.54, 1.807) is 6.08 Å². The Morgan fingerprint density at radius 2 is 2.56 bits per heavy atom. The Kier molecular flexibility index (Phi) is 2.28. The van der Waals surface area contributed by atoms with Gasteiger partial charge in [-0.3, -0.25) is 0 Å². The monoisotopic (exact) mass is 122 g/mol. The zero-order chi connectivity index (χ0) is 6.53. The van der Waals surface area contributed by atoms with Gasteiger partial charge in [-0.05, 0) is 12.0 Å². The molecule has 0 saturated heterocycles. The number of aliphatic hydroxyl groups excluding tert-OH is 1. The first kappa shape index (κ1) is 6.30. The minimum absolute atomic E-state index is 0.136. The van der Waals surface area contributed by atoms with Crippen molar-refractivity contribution >= 4 is 0 Å². The first-order valence-electron chi connectivity index (χ1n) is 3.06. The first-order valence-corrected chi connectivity index (χ1v) is 3.06. The first-order chi connectivity index (χ1) is 4.43. The molecule has 1 rings (SSSR count). The van der Waals surface area contributed by atoms with Crippen LogP contribution < -0.4 is 0 Å². The fraction of sp³-hybridized carbons (Fsp3) is 0.250. The summed E-state index contributed by atoms with van der Waals surface area (Å²) >= 11 is 0. The average molecular weight is 122 g/mol. The molecule has 1 aliphatic rings. The molecule has 1 heteroatoms. The van der Waals surface area contributed by atoms with Crippen molar-refractivity contribution in [2.75, 3.05) is 6.61 Å². The number of hydrogen-bond donors (Lipinski definition) is 1. The third-order valence-corrected chi connectivity index (χ3v) is 1.24. The zero-order valence-electron chi connectivity index (χ0n) is 5.25. The molecule has 0 spiro atoms. The number of rotatable bonds is 2. The Hall–Kier alpha value is -0.820. The molecule has 0 aromatic carbocycles. The lowest BCUT2D eigenvalue weighted by Crippen LogP contribution is -1.73. The van der Waals surface area contributed by atoms with Crippen LogP contribution in [0.3, 0.4) is 0 Å².